The number of aryl methyl sites for hydroxylation is 2. The summed E-state index contributed by atoms with van der Waals surface area (Å²) in [5.41, 5.74) is 6.58. The summed E-state index contributed by atoms with van der Waals surface area (Å²) in [6.45, 7) is 3.74. The number of carboxylic acid groups (broad SMARTS) is 1. The van der Waals surface area contributed by atoms with Crippen LogP contribution in [0.4, 0.5) is 0 Å². The average Bonchev–Trinajstić information content (AvgIpc) is 2.83. The molecule has 34 heavy (non-hydrogen) atoms. The van der Waals surface area contributed by atoms with Crippen molar-refractivity contribution in [2.75, 3.05) is 6.61 Å². The summed E-state index contributed by atoms with van der Waals surface area (Å²) >= 11 is 0. The van der Waals surface area contributed by atoms with Crippen molar-refractivity contribution in [3.05, 3.63) is 100 Å². The molecule has 5 nitrogen and oxygen atoms in total. The lowest BCUT2D eigenvalue weighted by Crippen LogP contribution is -2.31. The highest BCUT2D eigenvalue weighted by Crippen LogP contribution is 2.38. The van der Waals surface area contributed by atoms with Crippen molar-refractivity contribution in [3.8, 4) is 5.75 Å². The zero-order valence-corrected chi connectivity index (χ0v) is 19.7. The lowest BCUT2D eigenvalue weighted by Gasteiger charge is -2.28. The van der Waals surface area contributed by atoms with Gasteiger partial charge in [-0.3, -0.25) is 4.79 Å². The Labute approximate surface area is 200 Å². The summed E-state index contributed by atoms with van der Waals surface area (Å²) in [6, 6.07) is 22.1. The molecule has 1 amide bonds. The van der Waals surface area contributed by atoms with Crippen molar-refractivity contribution in [2.24, 2.45) is 0 Å². The van der Waals surface area contributed by atoms with Crippen LogP contribution >= 0.6 is 0 Å². The van der Waals surface area contributed by atoms with Gasteiger partial charge in [-0.15, -0.1) is 0 Å². The van der Waals surface area contributed by atoms with Crippen molar-refractivity contribution in [1.29, 1.82) is 0 Å². The first-order valence-electron chi connectivity index (χ1n) is 11.8. The standard InChI is InChI=1S/C29H31NO4/c1-19-9-13-21(14-10-19)29(22-15-11-20(2)12-16-22)30-27(31)17-23-5-3-7-25-24(23)6-4-8-26(25)34-18-28(32)33/h4,6,8-16,23,29H,3,5,7,17-18H2,1-2H3,(H,30,31)(H,32,33). The molecule has 2 N–H and O–H groups in total. The largest absolute Gasteiger partial charge is 0.482 e. The molecule has 0 aromatic heterocycles. The Hall–Kier alpha value is -3.60. The number of ether oxygens (including phenoxy) is 1. The minimum atomic E-state index is -0.998. The van der Waals surface area contributed by atoms with E-state index in [-0.39, 0.29) is 24.5 Å². The molecule has 0 saturated heterocycles. The predicted molar refractivity (Wildman–Crippen MR) is 132 cm³/mol. The summed E-state index contributed by atoms with van der Waals surface area (Å²) in [4.78, 5) is 24.2. The van der Waals surface area contributed by atoms with E-state index in [0.717, 1.165) is 41.5 Å². The maximum Gasteiger partial charge on any atom is 0.341 e. The van der Waals surface area contributed by atoms with E-state index in [0.29, 0.717) is 12.2 Å². The van der Waals surface area contributed by atoms with Crippen molar-refractivity contribution in [1.82, 2.24) is 5.32 Å². The zero-order valence-electron chi connectivity index (χ0n) is 19.7. The van der Waals surface area contributed by atoms with Crippen LogP contribution < -0.4 is 10.1 Å². The fourth-order valence-electron chi connectivity index (χ4n) is 4.72. The van der Waals surface area contributed by atoms with Crippen LogP contribution in [0.2, 0.25) is 0 Å². The monoisotopic (exact) mass is 457 g/mol. The highest BCUT2D eigenvalue weighted by molar-refractivity contribution is 5.78. The number of aliphatic carboxylic acids is 1. The third-order valence-electron chi connectivity index (χ3n) is 6.50. The maximum atomic E-state index is 13.3. The second-order valence-electron chi connectivity index (χ2n) is 9.12. The van der Waals surface area contributed by atoms with E-state index in [1.165, 1.54) is 11.1 Å². The first-order valence-corrected chi connectivity index (χ1v) is 11.8. The van der Waals surface area contributed by atoms with Crippen LogP contribution in [0, 0.1) is 13.8 Å². The van der Waals surface area contributed by atoms with Crippen LogP contribution in [-0.2, 0) is 16.0 Å². The van der Waals surface area contributed by atoms with Crippen LogP contribution in [0.25, 0.3) is 0 Å². The zero-order chi connectivity index (χ0) is 24.1. The number of amides is 1. The fraction of sp³-hybridized carbons (Fsp3) is 0.310. The first kappa shape index (κ1) is 23.6. The molecule has 3 aromatic rings. The van der Waals surface area contributed by atoms with E-state index in [4.69, 9.17) is 9.84 Å². The normalized spacial score (nSPS) is 15.0. The molecule has 176 valence electrons. The van der Waals surface area contributed by atoms with E-state index >= 15 is 0 Å². The second kappa shape index (κ2) is 10.6. The van der Waals surface area contributed by atoms with Gasteiger partial charge in [0.1, 0.15) is 5.75 Å². The molecule has 0 heterocycles. The Morgan fingerprint density at radius 1 is 0.971 bits per heavy atom. The van der Waals surface area contributed by atoms with Gasteiger partial charge in [0.25, 0.3) is 0 Å². The molecular formula is C29H31NO4. The number of rotatable bonds is 8. The fourth-order valence-corrected chi connectivity index (χ4v) is 4.72. The highest BCUT2D eigenvalue weighted by Gasteiger charge is 2.26. The summed E-state index contributed by atoms with van der Waals surface area (Å²) in [7, 11) is 0. The van der Waals surface area contributed by atoms with Crippen molar-refractivity contribution in [3.63, 3.8) is 0 Å². The number of carbonyl (C=O) groups is 2. The SMILES string of the molecule is Cc1ccc(C(NC(=O)CC2CCCc3c(OCC(=O)O)cccc32)c2ccc(C)cc2)cc1. The third-order valence-corrected chi connectivity index (χ3v) is 6.50. The van der Waals surface area contributed by atoms with Gasteiger partial charge < -0.3 is 15.2 Å². The first-order chi connectivity index (χ1) is 16.4. The molecule has 1 atom stereocenters. The Balaban J connectivity index is 1.54. The Bertz CT molecular complexity index is 1110. The van der Waals surface area contributed by atoms with E-state index in [1.807, 2.05) is 18.2 Å². The molecule has 0 radical (unpaired) electrons. The predicted octanol–water partition coefficient (Wildman–Crippen LogP) is 5.48. The lowest BCUT2D eigenvalue weighted by molar-refractivity contribution is -0.139. The number of benzene rings is 3. The van der Waals surface area contributed by atoms with E-state index in [9.17, 15) is 9.59 Å². The van der Waals surface area contributed by atoms with Crippen molar-refractivity contribution >= 4 is 11.9 Å². The molecule has 1 aliphatic rings. The molecular weight excluding hydrogens is 426 g/mol. The molecule has 0 aliphatic heterocycles. The number of carboxylic acids is 1. The topological polar surface area (TPSA) is 75.6 Å². The van der Waals surface area contributed by atoms with Gasteiger partial charge in [-0.25, -0.2) is 4.79 Å². The van der Waals surface area contributed by atoms with Crippen molar-refractivity contribution in [2.45, 2.75) is 51.5 Å². The molecule has 0 spiro atoms. The summed E-state index contributed by atoms with van der Waals surface area (Å²) < 4.78 is 5.52. The lowest BCUT2D eigenvalue weighted by atomic mass is 9.80. The Kier molecular flexibility index (Phi) is 7.31. The number of hydrogen-bond donors (Lipinski definition) is 2. The molecule has 1 aliphatic carbocycles. The van der Waals surface area contributed by atoms with E-state index < -0.39 is 5.97 Å². The molecule has 0 fully saturated rings. The molecule has 0 bridgehead atoms. The van der Waals surface area contributed by atoms with E-state index in [2.05, 4.69) is 67.7 Å². The number of nitrogens with one attached hydrogen (secondary N) is 1. The van der Waals surface area contributed by atoms with Gasteiger partial charge >= 0.3 is 5.97 Å². The van der Waals surface area contributed by atoms with Crippen LogP contribution in [0.3, 0.4) is 0 Å². The molecule has 3 aromatic carbocycles. The minimum absolute atomic E-state index is 0.000794. The number of hydrogen-bond acceptors (Lipinski definition) is 3. The van der Waals surface area contributed by atoms with Gasteiger partial charge in [0.2, 0.25) is 5.91 Å². The van der Waals surface area contributed by atoms with Crippen LogP contribution in [0.5, 0.6) is 5.75 Å². The maximum absolute atomic E-state index is 13.3. The van der Waals surface area contributed by atoms with Gasteiger partial charge in [-0.1, -0.05) is 71.8 Å². The van der Waals surface area contributed by atoms with Crippen LogP contribution in [0.15, 0.2) is 66.7 Å². The molecule has 1 unspecified atom stereocenters. The minimum Gasteiger partial charge on any atom is -0.482 e. The van der Waals surface area contributed by atoms with Gasteiger partial charge in [-0.2, -0.15) is 0 Å². The second-order valence-corrected chi connectivity index (χ2v) is 9.12. The average molecular weight is 458 g/mol. The molecule has 0 saturated carbocycles. The van der Waals surface area contributed by atoms with Crippen molar-refractivity contribution < 1.29 is 19.4 Å². The highest BCUT2D eigenvalue weighted by atomic mass is 16.5. The quantitative estimate of drug-likeness (QED) is 0.469. The summed E-state index contributed by atoms with van der Waals surface area (Å²) in [6.07, 6.45) is 3.07. The number of carbonyl (C=O) groups excluding carboxylic acids is 1. The smallest absolute Gasteiger partial charge is 0.341 e. The van der Waals surface area contributed by atoms with Gasteiger partial charge in [-0.05, 0) is 67.3 Å². The molecule has 4 rings (SSSR count). The Morgan fingerprint density at radius 3 is 2.18 bits per heavy atom. The molecule has 5 heteroatoms. The van der Waals surface area contributed by atoms with E-state index in [1.54, 1.807) is 0 Å². The Morgan fingerprint density at radius 2 is 1.59 bits per heavy atom. The van der Waals surface area contributed by atoms with Gasteiger partial charge in [0.05, 0.1) is 6.04 Å². The number of fused-ring (bicyclic) bond motifs is 1. The van der Waals surface area contributed by atoms with Gasteiger partial charge in [0, 0.05) is 6.42 Å². The third kappa shape index (κ3) is 5.66. The summed E-state index contributed by atoms with van der Waals surface area (Å²) in [5, 5.41) is 12.2. The van der Waals surface area contributed by atoms with Crippen LogP contribution in [-0.4, -0.2) is 23.6 Å². The van der Waals surface area contributed by atoms with Crippen LogP contribution in [0.1, 0.15) is 64.6 Å². The van der Waals surface area contributed by atoms with Gasteiger partial charge in [0.15, 0.2) is 6.61 Å². The summed E-state index contributed by atoms with van der Waals surface area (Å²) in [5.74, 6) is -0.306.